The second-order valence-corrected chi connectivity index (χ2v) is 5.42. The van der Waals surface area contributed by atoms with Crippen molar-refractivity contribution in [3.05, 3.63) is 53.5 Å². The molecular weight excluding hydrogens is 276 g/mol. The number of carbonyl (C=O) groups is 1. The number of pyridine rings is 2. The molecule has 1 N–H and O–H groups in total. The Labute approximate surface area is 131 Å². The molecule has 0 aliphatic carbocycles. The van der Waals surface area contributed by atoms with E-state index in [-0.39, 0.29) is 12.1 Å². The third kappa shape index (κ3) is 3.81. The summed E-state index contributed by atoms with van der Waals surface area (Å²) in [4.78, 5) is 22.5. The van der Waals surface area contributed by atoms with E-state index in [9.17, 15) is 4.79 Å². The SMILES string of the molecule is CC[C@H](c1ccncc1)N(C)C(=O)Nc1cc(C)cc(C)n1. The van der Waals surface area contributed by atoms with Crippen molar-refractivity contribution in [1.82, 2.24) is 14.9 Å². The van der Waals surface area contributed by atoms with Crippen LogP contribution in [0.25, 0.3) is 0 Å². The number of amides is 2. The van der Waals surface area contributed by atoms with E-state index in [1.54, 1.807) is 24.3 Å². The molecule has 0 radical (unpaired) electrons. The van der Waals surface area contributed by atoms with Gasteiger partial charge in [-0.15, -0.1) is 0 Å². The Morgan fingerprint density at radius 1 is 1.27 bits per heavy atom. The van der Waals surface area contributed by atoms with Gasteiger partial charge in [0.05, 0.1) is 6.04 Å². The number of aryl methyl sites for hydroxylation is 2. The van der Waals surface area contributed by atoms with Gasteiger partial charge in [-0.05, 0) is 55.7 Å². The molecule has 0 fully saturated rings. The van der Waals surface area contributed by atoms with Gasteiger partial charge in [-0.25, -0.2) is 9.78 Å². The Balaban J connectivity index is 2.14. The molecule has 0 saturated heterocycles. The van der Waals surface area contributed by atoms with Crippen molar-refractivity contribution in [2.45, 2.75) is 33.2 Å². The minimum Gasteiger partial charge on any atom is -0.321 e. The monoisotopic (exact) mass is 298 g/mol. The van der Waals surface area contributed by atoms with Crippen molar-refractivity contribution < 1.29 is 4.79 Å². The molecule has 0 bridgehead atoms. The Bertz CT molecular complexity index is 622. The predicted octanol–water partition coefficient (Wildman–Crippen LogP) is 3.71. The zero-order chi connectivity index (χ0) is 16.1. The number of aromatic nitrogens is 2. The highest BCUT2D eigenvalue weighted by molar-refractivity contribution is 5.88. The minimum absolute atomic E-state index is 0.00825. The fourth-order valence-corrected chi connectivity index (χ4v) is 2.56. The molecule has 2 aromatic heterocycles. The number of hydrogen-bond acceptors (Lipinski definition) is 3. The molecule has 0 unspecified atom stereocenters. The zero-order valence-corrected chi connectivity index (χ0v) is 13.5. The second kappa shape index (κ2) is 7.02. The number of urea groups is 1. The average molecular weight is 298 g/mol. The fourth-order valence-electron chi connectivity index (χ4n) is 2.56. The summed E-state index contributed by atoms with van der Waals surface area (Å²) in [5, 5.41) is 2.87. The number of carbonyl (C=O) groups excluding carboxylic acids is 1. The summed E-state index contributed by atoms with van der Waals surface area (Å²) in [5.74, 6) is 0.582. The summed E-state index contributed by atoms with van der Waals surface area (Å²) in [5.41, 5.74) is 3.04. The van der Waals surface area contributed by atoms with E-state index in [0.29, 0.717) is 5.82 Å². The Kier molecular flexibility index (Phi) is 5.09. The molecule has 5 heteroatoms. The maximum Gasteiger partial charge on any atom is 0.323 e. The lowest BCUT2D eigenvalue weighted by atomic mass is 10.1. The number of hydrogen-bond donors (Lipinski definition) is 1. The van der Waals surface area contributed by atoms with Gasteiger partial charge in [0.15, 0.2) is 0 Å². The fraction of sp³-hybridized carbons (Fsp3) is 0.353. The molecule has 0 aliphatic heterocycles. The van der Waals surface area contributed by atoms with Gasteiger partial charge < -0.3 is 4.90 Å². The summed E-state index contributed by atoms with van der Waals surface area (Å²) >= 11 is 0. The molecular formula is C17H22N4O. The van der Waals surface area contributed by atoms with Crippen LogP contribution in [0.4, 0.5) is 10.6 Å². The first-order valence-electron chi connectivity index (χ1n) is 7.40. The Morgan fingerprint density at radius 2 is 1.95 bits per heavy atom. The highest BCUT2D eigenvalue weighted by Gasteiger charge is 2.20. The predicted molar refractivity (Wildman–Crippen MR) is 87.8 cm³/mol. The van der Waals surface area contributed by atoms with Crippen molar-refractivity contribution in [1.29, 1.82) is 0 Å². The van der Waals surface area contributed by atoms with Crippen molar-refractivity contribution >= 4 is 11.8 Å². The van der Waals surface area contributed by atoms with Gasteiger partial charge in [0.1, 0.15) is 5.82 Å². The molecule has 22 heavy (non-hydrogen) atoms. The van der Waals surface area contributed by atoms with Crippen LogP contribution in [0.5, 0.6) is 0 Å². The van der Waals surface area contributed by atoms with Gasteiger partial charge in [0, 0.05) is 25.1 Å². The van der Waals surface area contributed by atoms with E-state index in [1.807, 2.05) is 38.1 Å². The summed E-state index contributed by atoms with van der Waals surface area (Å²) in [7, 11) is 1.80. The first-order valence-corrected chi connectivity index (χ1v) is 7.40. The van der Waals surface area contributed by atoms with E-state index in [2.05, 4.69) is 22.2 Å². The smallest absolute Gasteiger partial charge is 0.321 e. The Hall–Kier alpha value is -2.43. The number of rotatable bonds is 4. The third-order valence-electron chi connectivity index (χ3n) is 3.60. The molecule has 5 nitrogen and oxygen atoms in total. The van der Waals surface area contributed by atoms with E-state index >= 15 is 0 Å². The van der Waals surface area contributed by atoms with E-state index in [1.165, 1.54) is 0 Å². The molecule has 116 valence electrons. The van der Waals surface area contributed by atoms with Gasteiger partial charge in [0.25, 0.3) is 0 Å². The van der Waals surface area contributed by atoms with Crippen LogP contribution in [0.2, 0.25) is 0 Å². The maximum absolute atomic E-state index is 12.5. The molecule has 2 aromatic rings. The van der Waals surface area contributed by atoms with Crippen LogP contribution >= 0.6 is 0 Å². The van der Waals surface area contributed by atoms with E-state index in [0.717, 1.165) is 23.2 Å². The third-order valence-corrected chi connectivity index (χ3v) is 3.60. The normalized spacial score (nSPS) is 11.8. The zero-order valence-electron chi connectivity index (χ0n) is 13.5. The van der Waals surface area contributed by atoms with Crippen molar-refractivity contribution in [2.24, 2.45) is 0 Å². The van der Waals surface area contributed by atoms with E-state index in [4.69, 9.17) is 0 Å². The lowest BCUT2D eigenvalue weighted by Crippen LogP contribution is -2.35. The van der Waals surface area contributed by atoms with Crippen LogP contribution in [0.3, 0.4) is 0 Å². The van der Waals surface area contributed by atoms with Gasteiger partial charge in [-0.1, -0.05) is 6.92 Å². The second-order valence-electron chi connectivity index (χ2n) is 5.42. The molecule has 2 rings (SSSR count). The lowest BCUT2D eigenvalue weighted by Gasteiger charge is -2.27. The minimum atomic E-state index is -0.166. The van der Waals surface area contributed by atoms with Crippen LogP contribution in [-0.4, -0.2) is 27.9 Å². The van der Waals surface area contributed by atoms with Crippen molar-refractivity contribution in [2.75, 3.05) is 12.4 Å². The standard InChI is InChI=1S/C17H22N4O/c1-5-15(14-6-8-18-9-7-14)21(4)17(22)20-16-11-12(2)10-13(3)19-16/h6-11,15H,5H2,1-4H3,(H,19,20,22)/t15-/m1/s1. The highest BCUT2D eigenvalue weighted by Crippen LogP contribution is 2.23. The molecule has 0 aliphatic rings. The maximum atomic E-state index is 12.5. The average Bonchev–Trinajstić information content (AvgIpc) is 2.47. The molecule has 0 saturated carbocycles. The van der Waals surface area contributed by atoms with Crippen LogP contribution in [-0.2, 0) is 0 Å². The number of nitrogens with one attached hydrogen (secondary N) is 1. The van der Waals surface area contributed by atoms with Crippen molar-refractivity contribution in [3.8, 4) is 0 Å². The van der Waals surface area contributed by atoms with Gasteiger partial charge in [-0.2, -0.15) is 0 Å². The largest absolute Gasteiger partial charge is 0.323 e. The summed E-state index contributed by atoms with van der Waals surface area (Å²) < 4.78 is 0. The van der Waals surface area contributed by atoms with Gasteiger partial charge in [-0.3, -0.25) is 10.3 Å². The summed E-state index contributed by atoms with van der Waals surface area (Å²) in [6.45, 7) is 5.96. The van der Waals surface area contributed by atoms with Gasteiger partial charge in [0.2, 0.25) is 0 Å². The molecule has 2 heterocycles. The summed E-state index contributed by atoms with van der Waals surface area (Å²) in [6.07, 6.45) is 4.32. The number of nitrogens with zero attached hydrogens (tertiary/aromatic N) is 3. The number of anilines is 1. The quantitative estimate of drug-likeness (QED) is 0.936. The van der Waals surface area contributed by atoms with E-state index < -0.39 is 0 Å². The first kappa shape index (κ1) is 15.9. The molecule has 0 spiro atoms. The highest BCUT2D eigenvalue weighted by atomic mass is 16.2. The van der Waals surface area contributed by atoms with Crippen LogP contribution in [0.15, 0.2) is 36.7 Å². The van der Waals surface area contributed by atoms with Crippen LogP contribution < -0.4 is 5.32 Å². The van der Waals surface area contributed by atoms with Crippen molar-refractivity contribution in [3.63, 3.8) is 0 Å². The van der Waals surface area contributed by atoms with Crippen LogP contribution in [0.1, 0.15) is 36.2 Å². The topological polar surface area (TPSA) is 58.1 Å². The molecule has 1 atom stereocenters. The molecule has 0 aromatic carbocycles. The lowest BCUT2D eigenvalue weighted by molar-refractivity contribution is 0.202. The first-order chi connectivity index (χ1) is 10.5. The van der Waals surface area contributed by atoms with Gasteiger partial charge >= 0.3 is 6.03 Å². The molecule has 2 amide bonds. The Morgan fingerprint density at radius 3 is 2.55 bits per heavy atom. The van der Waals surface area contributed by atoms with Crippen LogP contribution in [0, 0.1) is 13.8 Å². The summed E-state index contributed by atoms with van der Waals surface area (Å²) in [6, 6.07) is 7.56.